The van der Waals surface area contributed by atoms with Crippen molar-refractivity contribution in [2.75, 3.05) is 11.9 Å². The standard InChI is InChI=1S/C29H30N6OS/c1-19-10-9-16-31-28(19)35-20(2)18-23(21(35)3)27-26(24-13-7-8-15-30-24)33-29(37)34(27)17-14-25(36)32-22-11-5-4-6-12-22/h4-13,15-16,18,26-27H,14,17H2,1-3H3,(H,32,36)(H,33,37). The fourth-order valence-corrected chi connectivity index (χ4v) is 5.41. The lowest BCUT2D eigenvalue weighted by Crippen LogP contribution is -2.32. The lowest BCUT2D eigenvalue weighted by molar-refractivity contribution is -0.116. The quantitative estimate of drug-likeness (QED) is 0.333. The molecule has 4 heterocycles. The van der Waals surface area contributed by atoms with E-state index in [1.165, 1.54) is 0 Å². The highest BCUT2D eigenvalue weighted by Crippen LogP contribution is 2.41. The maximum Gasteiger partial charge on any atom is 0.226 e. The molecule has 188 valence electrons. The summed E-state index contributed by atoms with van der Waals surface area (Å²) >= 11 is 5.81. The van der Waals surface area contributed by atoms with Crippen LogP contribution < -0.4 is 10.6 Å². The second kappa shape index (κ2) is 10.5. The molecule has 1 aliphatic rings. The number of anilines is 1. The largest absolute Gasteiger partial charge is 0.352 e. The molecule has 37 heavy (non-hydrogen) atoms. The first-order chi connectivity index (χ1) is 17.9. The molecule has 0 spiro atoms. The Balaban J connectivity index is 1.49. The van der Waals surface area contributed by atoms with E-state index in [1.807, 2.05) is 60.8 Å². The summed E-state index contributed by atoms with van der Waals surface area (Å²) in [7, 11) is 0. The molecule has 8 heteroatoms. The zero-order valence-electron chi connectivity index (χ0n) is 21.2. The van der Waals surface area contributed by atoms with Gasteiger partial charge >= 0.3 is 0 Å². The van der Waals surface area contributed by atoms with E-state index in [1.54, 1.807) is 6.20 Å². The number of aryl methyl sites for hydroxylation is 2. The van der Waals surface area contributed by atoms with Gasteiger partial charge in [0.1, 0.15) is 5.82 Å². The fourth-order valence-electron chi connectivity index (χ4n) is 5.08. The summed E-state index contributed by atoms with van der Waals surface area (Å²) in [5, 5.41) is 7.08. The molecular weight excluding hydrogens is 480 g/mol. The van der Waals surface area contributed by atoms with Crippen molar-refractivity contribution in [1.29, 1.82) is 0 Å². The second-order valence-electron chi connectivity index (χ2n) is 9.29. The van der Waals surface area contributed by atoms with E-state index in [-0.39, 0.29) is 18.0 Å². The molecule has 2 unspecified atom stereocenters. The van der Waals surface area contributed by atoms with Crippen LogP contribution in [0.5, 0.6) is 0 Å². The zero-order valence-corrected chi connectivity index (χ0v) is 22.0. The monoisotopic (exact) mass is 510 g/mol. The van der Waals surface area contributed by atoms with Crippen molar-refractivity contribution in [1.82, 2.24) is 24.8 Å². The minimum atomic E-state index is -0.148. The molecule has 1 aromatic carbocycles. The van der Waals surface area contributed by atoms with Crippen LogP contribution in [0.1, 0.15) is 46.7 Å². The number of nitrogens with one attached hydrogen (secondary N) is 2. The number of aromatic nitrogens is 3. The Hall–Kier alpha value is -4.04. The summed E-state index contributed by atoms with van der Waals surface area (Å²) < 4.78 is 2.20. The summed E-state index contributed by atoms with van der Waals surface area (Å²) in [4.78, 5) is 24.2. The van der Waals surface area contributed by atoms with Gasteiger partial charge in [0.05, 0.1) is 17.8 Å². The number of para-hydroxylation sites is 1. The highest BCUT2D eigenvalue weighted by Gasteiger charge is 2.41. The second-order valence-corrected chi connectivity index (χ2v) is 9.68. The summed E-state index contributed by atoms with van der Waals surface area (Å²) in [5.41, 5.74) is 6.11. The third-order valence-corrected chi connectivity index (χ3v) is 7.17. The van der Waals surface area contributed by atoms with Crippen LogP contribution in [0, 0.1) is 20.8 Å². The predicted molar refractivity (Wildman–Crippen MR) is 150 cm³/mol. The van der Waals surface area contributed by atoms with Gasteiger partial charge in [-0.25, -0.2) is 4.98 Å². The number of carbonyl (C=O) groups is 1. The maximum atomic E-state index is 12.8. The number of amides is 1. The first-order valence-electron chi connectivity index (χ1n) is 12.4. The van der Waals surface area contributed by atoms with Crippen LogP contribution in [0.25, 0.3) is 5.82 Å². The minimum absolute atomic E-state index is 0.0522. The molecule has 5 rings (SSSR count). The van der Waals surface area contributed by atoms with E-state index in [4.69, 9.17) is 12.2 Å². The lowest BCUT2D eigenvalue weighted by atomic mass is 9.96. The van der Waals surface area contributed by atoms with Crippen molar-refractivity contribution in [2.24, 2.45) is 0 Å². The van der Waals surface area contributed by atoms with E-state index in [9.17, 15) is 4.79 Å². The SMILES string of the molecule is Cc1cccnc1-n1c(C)cc(C2C(c3ccccn3)NC(=S)N2CCC(=O)Nc2ccccc2)c1C. The molecule has 2 atom stereocenters. The van der Waals surface area contributed by atoms with Crippen molar-refractivity contribution in [3.8, 4) is 5.82 Å². The number of benzene rings is 1. The normalized spacial score (nSPS) is 17.1. The van der Waals surface area contributed by atoms with E-state index < -0.39 is 0 Å². The Labute approximate surface area is 222 Å². The Morgan fingerprint density at radius 2 is 1.76 bits per heavy atom. The van der Waals surface area contributed by atoms with Gasteiger partial charge in [-0.05, 0) is 80.5 Å². The zero-order chi connectivity index (χ0) is 25.9. The first kappa shape index (κ1) is 24.6. The highest BCUT2D eigenvalue weighted by atomic mass is 32.1. The smallest absolute Gasteiger partial charge is 0.226 e. The molecule has 0 saturated carbocycles. The van der Waals surface area contributed by atoms with Crippen LogP contribution in [-0.2, 0) is 4.79 Å². The van der Waals surface area contributed by atoms with E-state index in [0.717, 1.165) is 39.7 Å². The predicted octanol–water partition coefficient (Wildman–Crippen LogP) is 5.19. The van der Waals surface area contributed by atoms with Crippen molar-refractivity contribution < 1.29 is 4.79 Å². The molecule has 3 aromatic heterocycles. The number of hydrogen-bond donors (Lipinski definition) is 2. The van der Waals surface area contributed by atoms with Crippen molar-refractivity contribution in [3.05, 3.63) is 107 Å². The number of pyridine rings is 2. The molecular formula is C29H30N6OS. The van der Waals surface area contributed by atoms with Gasteiger partial charge in [0, 0.05) is 42.4 Å². The van der Waals surface area contributed by atoms with Crippen molar-refractivity contribution in [3.63, 3.8) is 0 Å². The lowest BCUT2D eigenvalue weighted by Gasteiger charge is -2.28. The van der Waals surface area contributed by atoms with Crippen LogP contribution in [0.2, 0.25) is 0 Å². The summed E-state index contributed by atoms with van der Waals surface area (Å²) in [6.45, 7) is 6.76. The summed E-state index contributed by atoms with van der Waals surface area (Å²) in [5.74, 6) is 0.865. The molecule has 0 radical (unpaired) electrons. The fraction of sp³-hybridized carbons (Fsp3) is 0.241. The Morgan fingerprint density at radius 1 is 1.00 bits per heavy atom. The van der Waals surface area contributed by atoms with Crippen molar-refractivity contribution >= 4 is 28.9 Å². The van der Waals surface area contributed by atoms with Gasteiger partial charge in [-0.3, -0.25) is 9.78 Å². The molecule has 7 nitrogen and oxygen atoms in total. The average Bonchev–Trinajstić information content (AvgIpc) is 3.38. The molecule has 2 N–H and O–H groups in total. The molecule has 1 saturated heterocycles. The molecule has 4 aromatic rings. The number of thiocarbonyl (C=S) groups is 1. The summed E-state index contributed by atoms with van der Waals surface area (Å²) in [6.07, 6.45) is 3.93. The van der Waals surface area contributed by atoms with Crippen LogP contribution in [-0.4, -0.2) is 37.0 Å². The molecule has 1 fully saturated rings. The number of rotatable bonds is 7. The minimum Gasteiger partial charge on any atom is -0.352 e. The van der Waals surface area contributed by atoms with E-state index in [2.05, 4.69) is 63.0 Å². The number of hydrogen-bond acceptors (Lipinski definition) is 4. The third-order valence-electron chi connectivity index (χ3n) is 6.82. The number of nitrogens with zero attached hydrogens (tertiary/aromatic N) is 4. The van der Waals surface area contributed by atoms with Gasteiger partial charge in [-0.2, -0.15) is 0 Å². The number of carbonyl (C=O) groups excluding carboxylic acids is 1. The maximum absolute atomic E-state index is 12.8. The van der Waals surface area contributed by atoms with Gasteiger partial charge in [-0.1, -0.05) is 30.3 Å². The average molecular weight is 511 g/mol. The van der Waals surface area contributed by atoms with Crippen LogP contribution in [0.15, 0.2) is 79.1 Å². The Kier molecular flexibility index (Phi) is 7.01. The topological polar surface area (TPSA) is 75.1 Å². The van der Waals surface area contributed by atoms with E-state index >= 15 is 0 Å². The van der Waals surface area contributed by atoms with Gasteiger partial charge < -0.3 is 20.1 Å². The van der Waals surface area contributed by atoms with Crippen LogP contribution >= 0.6 is 12.2 Å². The summed E-state index contributed by atoms with van der Waals surface area (Å²) in [6, 6.07) is 21.4. The van der Waals surface area contributed by atoms with Gasteiger partial charge in [0.25, 0.3) is 0 Å². The first-order valence-corrected chi connectivity index (χ1v) is 12.8. The third kappa shape index (κ3) is 4.97. The van der Waals surface area contributed by atoms with Gasteiger partial charge in [-0.15, -0.1) is 0 Å². The molecule has 0 bridgehead atoms. The van der Waals surface area contributed by atoms with Crippen LogP contribution in [0.3, 0.4) is 0 Å². The van der Waals surface area contributed by atoms with Gasteiger partial charge in [0.15, 0.2) is 5.11 Å². The van der Waals surface area contributed by atoms with E-state index in [0.29, 0.717) is 18.1 Å². The van der Waals surface area contributed by atoms with Crippen molar-refractivity contribution in [2.45, 2.75) is 39.3 Å². The highest BCUT2D eigenvalue weighted by molar-refractivity contribution is 7.80. The Morgan fingerprint density at radius 3 is 2.49 bits per heavy atom. The molecule has 0 aliphatic carbocycles. The Bertz CT molecular complexity index is 1420. The molecule has 1 aliphatic heterocycles. The van der Waals surface area contributed by atoms with Gasteiger partial charge in [0.2, 0.25) is 5.91 Å². The van der Waals surface area contributed by atoms with Crippen LogP contribution in [0.4, 0.5) is 5.69 Å². The molecule has 1 amide bonds.